The Balaban J connectivity index is 2.17. The largest absolute Gasteiger partial charge is 0.493 e. The van der Waals surface area contributed by atoms with E-state index in [1.807, 2.05) is 0 Å². The summed E-state index contributed by atoms with van der Waals surface area (Å²) in [6.07, 6.45) is 2.34. The molecule has 10 heteroatoms. The van der Waals surface area contributed by atoms with Crippen molar-refractivity contribution in [1.82, 2.24) is 9.78 Å². The Bertz CT molecular complexity index is 1060. The molecule has 1 aromatic heterocycles. The molecular formula is C17H18ClN3O5S. The van der Waals surface area contributed by atoms with Crippen LogP contribution in [0.1, 0.15) is 33.5 Å². The number of sulfone groups is 1. The van der Waals surface area contributed by atoms with Gasteiger partial charge in [-0.1, -0.05) is 5.16 Å². The molecule has 0 saturated carbocycles. The fourth-order valence-corrected chi connectivity index (χ4v) is 4.12. The summed E-state index contributed by atoms with van der Waals surface area (Å²) in [6.45, 7) is 1.64. The lowest BCUT2D eigenvalue weighted by Gasteiger charge is -2.14. The third kappa shape index (κ3) is 3.44. The first kappa shape index (κ1) is 19.4. The zero-order valence-corrected chi connectivity index (χ0v) is 16.5. The van der Waals surface area contributed by atoms with E-state index in [-0.39, 0.29) is 33.9 Å². The third-order valence-corrected chi connectivity index (χ3v) is 5.90. The van der Waals surface area contributed by atoms with Crippen molar-refractivity contribution in [1.29, 1.82) is 0 Å². The van der Waals surface area contributed by atoms with Gasteiger partial charge in [0.15, 0.2) is 15.6 Å². The normalized spacial score (nSPS) is 16.9. The van der Waals surface area contributed by atoms with E-state index in [1.54, 1.807) is 6.92 Å². The number of aryl methyl sites for hydroxylation is 1. The topological polar surface area (TPSA) is 111 Å². The molecule has 0 radical (unpaired) electrons. The number of halogens is 1. The van der Waals surface area contributed by atoms with Crippen molar-refractivity contribution in [3.8, 4) is 5.88 Å². The Labute approximate surface area is 161 Å². The number of benzene rings is 1. The molecule has 144 valence electrons. The first-order valence-electron chi connectivity index (χ1n) is 8.03. The van der Waals surface area contributed by atoms with Crippen LogP contribution in [0.15, 0.2) is 28.4 Å². The molecule has 27 heavy (non-hydrogen) atoms. The van der Waals surface area contributed by atoms with Crippen LogP contribution in [0, 0.1) is 6.92 Å². The molecular weight excluding hydrogens is 394 g/mol. The Hall–Kier alpha value is -2.39. The summed E-state index contributed by atoms with van der Waals surface area (Å²) in [5.41, 5.74) is 1.46. The highest BCUT2D eigenvalue weighted by atomic mass is 35.5. The SMILES string of the molecule is Cc1c(C(=O)c2cnn(C)c2O)ccc(S(C)(=O)=O)c1C1=NOC(CCl)C1. The van der Waals surface area contributed by atoms with Crippen LogP contribution in [0.5, 0.6) is 5.88 Å². The van der Waals surface area contributed by atoms with E-state index in [4.69, 9.17) is 16.4 Å². The summed E-state index contributed by atoms with van der Waals surface area (Å²) < 4.78 is 25.7. The van der Waals surface area contributed by atoms with Gasteiger partial charge < -0.3 is 9.94 Å². The molecule has 1 N–H and O–H groups in total. The zero-order chi connectivity index (χ0) is 19.9. The van der Waals surface area contributed by atoms with Gasteiger partial charge in [-0.3, -0.25) is 4.79 Å². The van der Waals surface area contributed by atoms with E-state index in [1.165, 1.54) is 30.1 Å². The van der Waals surface area contributed by atoms with Crippen molar-refractivity contribution >= 4 is 32.9 Å². The molecule has 8 nitrogen and oxygen atoms in total. The highest BCUT2D eigenvalue weighted by molar-refractivity contribution is 7.90. The van der Waals surface area contributed by atoms with E-state index < -0.39 is 15.6 Å². The lowest BCUT2D eigenvalue weighted by molar-refractivity contribution is 0.102. The fourth-order valence-electron chi connectivity index (χ4n) is 3.00. The molecule has 1 aliphatic heterocycles. The van der Waals surface area contributed by atoms with Crippen LogP contribution in [-0.4, -0.2) is 53.0 Å². The molecule has 0 amide bonds. The number of aromatic nitrogens is 2. The van der Waals surface area contributed by atoms with Gasteiger partial charge in [-0.2, -0.15) is 5.10 Å². The van der Waals surface area contributed by atoms with Gasteiger partial charge in [-0.15, -0.1) is 11.6 Å². The lowest BCUT2D eigenvalue weighted by Crippen LogP contribution is -2.16. The molecule has 2 heterocycles. The zero-order valence-electron chi connectivity index (χ0n) is 14.9. The maximum atomic E-state index is 12.9. The number of rotatable bonds is 5. The smallest absolute Gasteiger partial charge is 0.220 e. The highest BCUT2D eigenvalue weighted by Gasteiger charge is 2.30. The number of aromatic hydroxyl groups is 1. The maximum Gasteiger partial charge on any atom is 0.220 e. The predicted molar refractivity (Wildman–Crippen MR) is 99.3 cm³/mol. The molecule has 1 atom stereocenters. The Morgan fingerprint density at radius 2 is 2.11 bits per heavy atom. The van der Waals surface area contributed by atoms with Crippen LogP contribution in [0.25, 0.3) is 0 Å². The molecule has 0 aliphatic carbocycles. The number of carbonyl (C=O) groups is 1. The van der Waals surface area contributed by atoms with E-state index in [0.29, 0.717) is 23.3 Å². The van der Waals surface area contributed by atoms with Crippen LogP contribution in [0.3, 0.4) is 0 Å². The number of nitrogens with zero attached hydrogens (tertiary/aromatic N) is 3. The van der Waals surface area contributed by atoms with E-state index in [9.17, 15) is 18.3 Å². The van der Waals surface area contributed by atoms with Crippen LogP contribution >= 0.6 is 11.6 Å². The van der Waals surface area contributed by atoms with E-state index in [0.717, 1.165) is 6.26 Å². The second kappa shape index (κ2) is 6.97. The van der Waals surface area contributed by atoms with Gasteiger partial charge in [0.2, 0.25) is 5.88 Å². The summed E-state index contributed by atoms with van der Waals surface area (Å²) in [4.78, 5) is 18.2. The van der Waals surface area contributed by atoms with Crippen LogP contribution < -0.4 is 0 Å². The average Bonchev–Trinajstić information content (AvgIpc) is 3.20. The molecule has 0 spiro atoms. The van der Waals surface area contributed by atoms with E-state index >= 15 is 0 Å². The monoisotopic (exact) mass is 411 g/mol. The molecule has 0 bridgehead atoms. The summed E-state index contributed by atoms with van der Waals surface area (Å²) in [5.74, 6) is -0.521. The molecule has 1 unspecified atom stereocenters. The van der Waals surface area contributed by atoms with Crippen molar-refractivity contribution in [2.24, 2.45) is 12.2 Å². The number of hydrogen-bond donors (Lipinski definition) is 1. The van der Waals surface area contributed by atoms with Gasteiger partial charge >= 0.3 is 0 Å². The lowest BCUT2D eigenvalue weighted by atomic mass is 9.93. The molecule has 2 aromatic rings. The van der Waals surface area contributed by atoms with Crippen molar-refractivity contribution in [3.63, 3.8) is 0 Å². The molecule has 0 fully saturated rings. The Kier molecular flexibility index (Phi) is 5.00. The number of carbonyl (C=O) groups excluding carboxylic acids is 1. The van der Waals surface area contributed by atoms with Gasteiger partial charge in [0, 0.05) is 30.9 Å². The van der Waals surface area contributed by atoms with Crippen molar-refractivity contribution in [3.05, 3.63) is 40.6 Å². The summed E-state index contributed by atoms with van der Waals surface area (Å²) >= 11 is 5.80. The quantitative estimate of drug-likeness (QED) is 0.593. The minimum absolute atomic E-state index is 0.0295. The second-order valence-electron chi connectivity index (χ2n) is 6.34. The minimum atomic E-state index is -3.58. The fraction of sp³-hybridized carbons (Fsp3) is 0.353. The number of ketones is 1. The Morgan fingerprint density at radius 3 is 2.63 bits per heavy atom. The average molecular weight is 412 g/mol. The molecule has 1 aliphatic rings. The summed E-state index contributed by atoms with van der Waals surface area (Å²) in [6, 6.07) is 2.80. The second-order valence-corrected chi connectivity index (χ2v) is 8.63. The number of hydrogen-bond acceptors (Lipinski definition) is 7. The first-order chi connectivity index (χ1) is 12.6. The van der Waals surface area contributed by atoms with Crippen molar-refractivity contribution < 1.29 is 23.2 Å². The summed E-state index contributed by atoms with van der Waals surface area (Å²) in [5, 5.41) is 17.9. The minimum Gasteiger partial charge on any atom is -0.493 e. The predicted octanol–water partition coefficient (Wildman–Crippen LogP) is 1.80. The summed E-state index contributed by atoms with van der Waals surface area (Å²) in [7, 11) is -2.07. The first-order valence-corrected chi connectivity index (χ1v) is 10.5. The number of alkyl halides is 1. The van der Waals surface area contributed by atoms with Crippen molar-refractivity contribution in [2.75, 3.05) is 12.1 Å². The number of oxime groups is 1. The van der Waals surface area contributed by atoms with Gasteiger partial charge in [-0.25, -0.2) is 13.1 Å². The third-order valence-electron chi connectivity index (χ3n) is 4.42. The van der Waals surface area contributed by atoms with E-state index in [2.05, 4.69) is 10.3 Å². The molecule has 1 aromatic carbocycles. The van der Waals surface area contributed by atoms with Crippen molar-refractivity contribution in [2.45, 2.75) is 24.3 Å². The van der Waals surface area contributed by atoms with Crippen LogP contribution in [0.4, 0.5) is 0 Å². The maximum absolute atomic E-state index is 12.9. The molecule has 3 rings (SSSR count). The van der Waals surface area contributed by atoms with Gasteiger partial charge in [-0.05, 0) is 24.6 Å². The molecule has 0 saturated heterocycles. The standard InChI is InChI=1S/C17H18ClN3O5S/c1-9-11(16(22)12-8-19-21(2)17(12)23)4-5-14(27(3,24)25)15(9)13-6-10(7-18)26-20-13/h4-5,8,10,23H,6-7H2,1-3H3. The van der Waals surface area contributed by atoms with Gasteiger partial charge in [0.1, 0.15) is 11.7 Å². The van der Waals surface area contributed by atoms with Crippen LogP contribution in [-0.2, 0) is 21.7 Å². The van der Waals surface area contributed by atoms with Crippen LogP contribution in [0.2, 0.25) is 0 Å². The Morgan fingerprint density at radius 1 is 1.41 bits per heavy atom. The van der Waals surface area contributed by atoms with Gasteiger partial charge in [0.05, 0.1) is 22.7 Å². The van der Waals surface area contributed by atoms with Gasteiger partial charge in [0.25, 0.3) is 0 Å². The highest BCUT2D eigenvalue weighted by Crippen LogP contribution is 2.30.